The number of carbonyl (C=O) groups is 1. The van der Waals surface area contributed by atoms with Crippen molar-refractivity contribution in [3.8, 4) is 0 Å². The van der Waals surface area contributed by atoms with E-state index in [1.165, 1.54) is 18.4 Å². The van der Waals surface area contributed by atoms with Gasteiger partial charge in [0.25, 0.3) is 0 Å². The van der Waals surface area contributed by atoms with E-state index in [0.717, 1.165) is 32.0 Å². The molecule has 0 saturated carbocycles. The van der Waals surface area contributed by atoms with Gasteiger partial charge in [0.15, 0.2) is 5.96 Å². The molecule has 22 heavy (non-hydrogen) atoms. The molecule has 0 aromatic heterocycles. The minimum absolute atomic E-state index is 0.0227. The molecular weight excluding hydrogens is 276 g/mol. The predicted molar refractivity (Wildman–Crippen MR) is 89.9 cm³/mol. The number of nitrogens with zero attached hydrogens (tertiary/aromatic N) is 2. The molecule has 0 atom stereocenters. The van der Waals surface area contributed by atoms with E-state index >= 15 is 0 Å². The second kappa shape index (κ2) is 9.07. The van der Waals surface area contributed by atoms with Gasteiger partial charge >= 0.3 is 0 Å². The topological polar surface area (TPSA) is 56.7 Å². The predicted octanol–water partition coefficient (Wildman–Crippen LogP) is 1.41. The third-order valence-electron chi connectivity index (χ3n) is 3.69. The van der Waals surface area contributed by atoms with E-state index in [1.807, 2.05) is 25.1 Å². The number of hydrogen-bond donors (Lipinski definition) is 2. The number of guanidine groups is 1. The average molecular weight is 302 g/mol. The molecule has 1 saturated heterocycles. The van der Waals surface area contributed by atoms with Crippen molar-refractivity contribution in [2.24, 2.45) is 4.99 Å². The number of aliphatic imine (C=N–C) groups is 1. The fraction of sp³-hybridized carbons (Fsp3) is 0.529. The summed E-state index contributed by atoms with van der Waals surface area (Å²) in [5, 5.41) is 6.18. The largest absolute Gasteiger partial charge is 0.357 e. The Hall–Kier alpha value is -2.04. The lowest BCUT2D eigenvalue weighted by molar-refractivity contribution is -0.119. The lowest BCUT2D eigenvalue weighted by Gasteiger charge is -2.20. The average Bonchev–Trinajstić information content (AvgIpc) is 3.07. The van der Waals surface area contributed by atoms with Crippen LogP contribution >= 0.6 is 0 Å². The lowest BCUT2D eigenvalue weighted by atomic mass is 10.1. The van der Waals surface area contributed by atoms with Crippen molar-refractivity contribution in [2.75, 3.05) is 32.7 Å². The maximum atomic E-state index is 11.9. The summed E-state index contributed by atoms with van der Waals surface area (Å²) in [4.78, 5) is 18.6. The van der Waals surface area contributed by atoms with Crippen molar-refractivity contribution in [3.05, 3.63) is 35.9 Å². The van der Waals surface area contributed by atoms with Gasteiger partial charge in [0.2, 0.25) is 5.91 Å². The van der Waals surface area contributed by atoms with Crippen LogP contribution in [0.4, 0.5) is 0 Å². The van der Waals surface area contributed by atoms with Gasteiger partial charge in [0.1, 0.15) is 6.54 Å². The Morgan fingerprint density at radius 2 is 1.91 bits per heavy atom. The second-order valence-corrected chi connectivity index (χ2v) is 5.45. The van der Waals surface area contributed by atoms with E-state index in [0.29, 0.717) is 6.54 Å². The Morgan fingerprint density at radius 1 is 1.18 bits per heavy atom. The van der Waals surface area contributed by atoms with Crippen LogP contribution in [0.2, 0.25) is 0 Å². The van der Waals surface area contributed by atoms with E-state index in [1.54, 1.807) is 0 Å². The summed E-state index contributed by atoms with van der Waals surface area (Å²) in [5.41, 5.74) is 1.23. The Balaban J connectivity index is 1.73. The highest BCUT2D eigenvalue weighted by Crippen LogP contribution is 2.07. The Bertz CT molecular complexity index is 481. The molecule has 0 unspecified atom stereocenters. The number of carbonyl (C=O) groups excluding carboxylic acids is 1. The standard InChI is InChI=1S/C17H26N4O/c1-2-18-17(21-12-6-7-13-21)20-14-16(22)19-11-10-15-8-4-3-5-9-15/h3-5,8-9H,2,6-7,10-14H2,1H3,(H,18,20)(H,19,22). The molecule has 1 fully saturated rings. The zero-order valence-corrected chi connectivity index (χ0v) is 13.3. The first-order valence-electron chi connectivity index (χ1n) is 8.13. The lowest BCUT2D eigenvalue weighted by Crippen LogP contribution is -2.40. The molecule has 0 radical (unpaired) electrons. The first kappa shape index (κ1) is 16.3. The first-order chi connectivity index (χ1) is 10.8. The minimum Gasteiger partial charge on any atom is -0.357 e. The number of nitrogens with one attached hydrogen (secondary N) is 2. The van der Waals surface area contributed by atoms with E-state index in [-0.39, 0.29) is 12.5 Å². The third kappa shape index (κ3) is 5.39. The molecule has 1 heterocycles. The summed E-state index contributed by atoms with van der Waals surface area (Å²) in [6.07, 6.45) is 3.25. The van der Waals surface area contributed by atoms with E-state index in [4.69, 9.17) is 0 Å². The van der Waals surface area contributed by atoms with Crippen LogP contribution in [0.25, 0.3) is 0 Å². The third-order valence-corrected chi connectivity index (χ3v) is 3.69. The quantitative estimate of drug-likeness (QED) is 0.617. The van der Waals surface area contributed by atoms with Crippen molar-refractivity contribution in [1.29, 1.82) is 0 Å². The van der Waals surface area contributed by atoms with Gasteiger partial charge in [-0.25, -0.2) is 4.99 Å². The van der Waals surface area contributed by atoms with Gasteiger partial charge in [-0.3, -0.25) is 4.79 Å². The number of benzene rings is 1. The Kier molecular flexibility index (Phi) is 6.74. The summed E-state index contributed by atoms with van der Waals surface area (Å²) in [5.74, 6) is 0.837. The molecule has 0 spiro atoms. The van der Waals surface area contributed by atoms with E-state index in [9.17, 15) is 4.79 Å². The van der Waals surface area contributed by atoms with Crippen LogP contribution in [0.3, 0.4) is 0 Å². The summed E-state index contributed by atoms with van der Waals surface area (Å²) in [7, 11) is 0. The van der Waals surface area contributed by atoms with Crippen molar-refractivity contribution < 1.29 is 4.79 Å². The van der Waals surface area contributed by atoms with Gasteiger partial charge in [-0.15, -0.1) is 0 Å². The smallest absolute Gasteiger partial charge is 0.241 e. The molecule has 1 aromatic carbocycles. The van der Waals surface area contributed by atoms with Crippen molar-refractivity contribution in [2.45, 2.75) is 26.2 Å². The van der Waals surface area contributed by atoms with Gasteiger partial charge in [-0.2, -0.15) is 0 Å². The van der Waals surface area contributed by atoms with Crippen molar-refractivity contribution in [1.82, 2.24) is 15.5 Å². The van der Waals surface area contributed by atoms with Gasteiger partial charge in [-0.1, -0.05) is 30.3 Å². The van der Waals surface area contributed by atoms with Crippen molar-refractivity contribution in [3.63, 3.8) is 0 Å². The molecule has 0 aliphatic carbocycles. The van der Waals surface area contributed by atoms with Crippen LogP contribution in [0.5, 0.6) is 0 Å². The van der Waals surface area contributed by atoms with Gasteiger partial charge < -0.3 is 15.5 Å². The zero-order chi connectivity index (χ0) is 15.6. The molecule has 120 valence electrons. The molecule has 5 nitrogen and oxygen atoms in total. The number of rotatable bonds is 6. The van der Waals surface area contributed by atoms with E-state index < -0.39 is 0 Å². The van der Waals surface area contributed by atoms with Crippen molar-refractivity contribution >= 4 is 11.9 Å². The summed E-state index contributed by atoms with van der Waals surface area (Å²) in [6, 6.07) is 10.2. The summed E-state index contributed by atoms with van der Waals surface area (Å²) >= 11 is 0. The summed E-state index contributed by atoms with van der Waals surface area (Å²) in [6.45, 7) is 5.77. The van der Waals surface area contributed by atoms with Gasteiger partial charge in [-0.05, 0) is 31.7 Å². The zero-order valence-electron chi connectivity index (χ0n) is 13.3. The highest BCUT2D eigenvalue weighted by Gasteiger charge is 2.15. The maximum absolute atomic E-state index is 11.9. The van der Waals surface area contributed by atoms with Crippen LogP contribution in [0, 0.1) is 0 Å². The van der Waals surface area contributed by atoms with Crippen LogP contribution in [0.15, 0.2) is 35.3 Å². The minimum atomic E-state index is -0.0227. The fourth-order valence-corrected chi connectivity index (χ4v) is 2.55. The Labute approximate surface area is 132 Å². The number of amides is 1. The van der Waals surface area contributed by atoms with Crippen LogP contribution in [-0.4, -0.2) is 49.5 Å². The fourth-order valence-electron chi connectivity index (χ4n) is 2.55. The second-order valence-electron chi connectivity index (χ2n) is 5.45. The highest BCUT2D eigenvalue weighted by atomic mass is 16.1. The van der Waals surface area contributed by atoms with Crippen LogP contribution in [-0.2, 0) is 11.2 Å². The highest BCUT2D eigenvalue weighted by molar-refractivity contribution is 5.85. The van der Waals surface area contributed by atoms with Crippen LogP contribution in [0.1, 0.15) is 25.3 Å². The van der Waals surface area contributed by atoms with Gasteiger partial charge in [0, 0.05) is 26.2 Å². The van der Waals surface area contributed by atoms with E-state index in [2.05, 4.69) is 32.7 Å². The Morgan fingerprint density at radius 3 is 2.59 bits per heavy atom. The van der Waals surface area contributed by atoms with Crippen LogP contribution < -0.4 is 10.6 Å². The molecule has 1 aromatic rings. The first-order valence-corrected chi connectivity index (χ1v) is 8.13. The number of hydrogen-bond acceptors (Lipinski definition) is 2. The number of likely N-dealkylation sites (tertiary alicyclic amines) is 1. The molecular formula is C17H26N4O. The maximum Gasteiger partial charge on any atom is 0.241 e. The molecule has 1 aliphatic rings. The molecule has 2 rings (SSSR count). The SMILES string of the molecule is CCNC(=NCC(=O)NCCc1ccccc1)N1CCCC1. The molecule has 2 N–H and O–H groups in total. The monoisotopic (exact) mass is 302 g/mol. The summed E-state index contributed by atoms with van der Waals surface area (Å²) < 4.78 is 0. The van der Waals surface area contributed by atoms with Gasteiger partial charge in [0.05, 0.1) is 0 Å². The normalized spacial score (nSPS) is 15.0. The molecule has 1 amide bonds. The molecule has 1 aliphatic heterocycles. The molecule has 0 bridgehead atoms. The molecule has 5 heteroatoms.